The van der Waals surface area contributed by atoms with Crippen LogP contribution in [0.2, 0.25) is 0 Å². The van der Waals surface area contributed by atoms with Crippen LogP contribution in [0, 0.1) is 11.6 Å². The molecule has 0 heterocycles. The first-order valence-electron chi connectivity index (χ1n) is 5.81. The van der Waals surface area contributed by atoms with Gasteiger partial charge in [-0.1, -0.05) is 6.07 Å². The van der Waals surface area contributed by atoms with E-state index in [0.29, 0.717) is 6.07 Å². The van der Waals surface area contributed by atoms with Gasteiger partial charge in [-0.15, -0.1) is 0 Å². The standard InChI is InChI=1S/C14H10F5NO/c15-10-2-1-3-11(16)9(10)7-21-13-5-4-8(6-12(13)20)14(17,18)19/h1-6H,7,20H2. The first-order chi connectivity index (χ1) is 9.79. The minimum Gasteiger partial charge on any atom is -0.487 e. The lowest BCUT2D eigenvalue weighted by molar-refractivity contribution is -0.137. The molecule has 0 saturated carbocycles. The highest BCUT2D eigenvalue weighted by molar-refractivity contribution is 5.54. The van der Waals surface area contributed by atoms with Gasteiger partial charge in [-0.25, -0.2) is 8.78 Å². The van der Waals surface area contributed by atoms with Crippen molar-refractivity contribution in [1.29, 1.82) is 0 Å². The molecule has 2 aromatic rings. The van der Waals surface area contributed by atoms with E-state index in [4.69, 9.17) is 10.5 Å². The van der Waals surface area contributed by atoms with Crippen LogP contribution in [0.5, 0.6) is 5.75 Å². The van der Waals surface area contributed by atoms with Gasteiger partial charge in [0, 0.05) is 0 Å². The van der Waals surface area contributed by atoms with Gasteiger partial charge in [0.1, 0.15) is 24.0 Å². The molecule has 0 saturated heterocycles. The average molecular weight is 303 g/mol. The van der Waals surface area contributed by atoms with Crippen molar-refractivity contribution in [1.82, 2.24) is 0 Å². The molecular weight excluding hydrogens is 293 g/mol. The largest absolute Gasteiger partial charge is 0.487 e. The molecule has 21 heavy (non-hydrogen) atoms. The highest BCUT2D eigenvalue weighted by Crippen LogP contribution is 2.34. The Labute approximate surface area is 116 Å². The van der Waals surface area contributed by atoms with Crippen molar-refractivity contribution in [2.45, 2.75) is 12.8 Å². The SMILES string of the molecule is Nc1cc(C(F)(F)F)ccc1OCc1c(F)cccc1F. The Kier molecular flexibility index (Phi) is 4.02. The van der Waals surface area contributed by atoms with Gasteiger partial charge in [0.15, 0.2) is 0 Å². The second-order valence-electron chi connectivity index (χ2n) is 4.24. The molecule has 2 aromatic carbocycles. The molecule has 0 aliphatic rings. The van der Waals surface area contributed by atoms with E-state index in [1.165, 1.54) is 6.07 Å². The molecule has 0 radical (unpaired) electrons. The Morgan fingerprint density at radius 2 is 1.62 bits per heavy atom. The number of ether oxygens (including phenoxy) is 1. The molecule has 2 N–H and O–H groups in total. The Bertz CT molecular complexity index is 634. The number of hydrogen-bond donors (Lipinski definition) is 1. The van der Waals surface area contributed by atoms with Crippen LogP contribution in [0.15, 0.2) is 36.4 Å². The molecule has 0 aliphatic carbocycles. The van der Waals surface area contributed by atoms with Gasteiger partial charge in [-0.05, 0) is 30.3 Å². The molecule has 0 aliphatic heterocycles. The van der Waals surface area contributed by atoms with Gasteiger partial charge in [0.25, 0.3) is 0 Å². The summed E-state index contributed by atoms with van der Waals surface area (Å²) in [7, 11) is 0. The quantitative estimate of drug-likeness (QED) is 0.683. The molecule has 0 fully saturated rings. The fraction of sp³-hybridized carbons (Fsp3) is 0.143. The number of anilines is 1. The second-order valence-corrected chi connectivity index (χ2v) is 4.24. The summed E-state index contributed by atoms with van der Waals surface area (Å²) in [6, 6.07) is 5.80. The highest BCUT2D eigenvalue weighted by atomic mass is 19.4. The molecule has 7 heteroatoms. The number of halogens is 5. The van der Waals surface area contributed by atoms with Crippen LogP contribution in [0.4, 0.5) is 27.6 Å². The molecule has 0 unspecified atom stereocenters. The van der Waals surface area contributed by atoms with Crippen molar-refractivity contribution >= 4 is 5.69 Å². The summed E-state index contributed by atoms with van der Waals surface area (Å²) >= 11 is 0. The highest BCUT2D eigenvalue weighted by Gasteiger charge is 2.30. The lowest BCUT2D eigenvalue weighted by Gasteiger charge is -2.12. The van der Waals surface area contributed by atoms with Crippen molar-refractivity contribution in [2.24, 2.45) is 0 Å². The van der Waals surface area contributed by atoms with E-state index in [1.807, 2.05) is 0 Å². The summed E-state index contributed by atoms with van der Waals surface area (Å²) in [6.45, 7) is -0.478. The van der Waals surface area contributed by atoms with Gasteiger partial charge in [0.2, 0.25) is 0 Å². The monoisotopic (exact) mass is 303 g/mol. The lowest BCUT2D eigenvalue weighted by Crippen LogP contribution is -2.07. The third kappa shape index (κ3) is 3.42. The van der Waals surface area contributed by atoms with Crippen molar-refractivity contribution in [2.75, 3.05) is 5.73 Å². The zero-order valence-corrected chi connectivity index (χ0v) is 10.5. The van der Waals surface area contributed by atoms with Gasteiger partial charge in [-0.2, -0.15) is 13.2 Å². The minimum absolute atomic E-state index is 0.0781. The number of hydrogen-bond acceptors (Lipinski definition) is 2. The summed E-state index contributed by atoms with van der Waals surface area (Å²) in [5.74, 6) is -1.69. The number of benzene rings is 2. The predicted octanol–water partition coefficient (Wildman–Crippen LogP) is 4.14. The third-order valence-corrected chi connectivity index (χ3v) is 2.77. The second kappa shape index (κ2) is 5.59. The summed E-state index contributed by atoms with van der Waals surface area (Å²) in [6.07, 6.45) is -4.52. The van der Waals surface area contributed by atoms with Gasteiger partial charge < -0.3 is 10.5 Å². The van der Waals surface area contributed by atoms with E-state index >= 15 is 0 Å². The Morgan fingerprint density at radius 1 is 1.00 bits per heavy atom. The first kappa shape index (κ1) is 15.1. The molecule has 112 valence electrons. The molecule has 2 nitrogen and oxygen atoms in total. The normalized spacial score (nSPS) is 11.5. The van der Waals surface area contributed by atoms with Gasteiger partial charge in [-0.3, -0.25) is 0 Å². The van der Waals surface area contributed by atoms with E-state index in [0.717, 1.165) is 24.3 Å². The zero-order valence-electron chi connectivity index (χ0n) is 10.5. The molecule has 0 spiro atoms. The van der Waals surface area contributed by atoms with Crippen molar-refractivity contribution in [3.8, 4) is 5.75 Å². The van der Waals surface area contributed by atoms with Crippen LogP contribution in [0.1, 0.15) is 11.1 Å². The van der Waals surface area contributed by atoms with Gasteiger partial charge in [0.05, 0.1) is 16.8 Å². The molecule has 0 atom stereocenters. The summed E-state index contributed by atoms with van der Waals surface area (Å²) in [5, 5.41) is 0. The van der Waals surface area contributed by atoms with E-state index in [1.54, 1.807) is 0 Å². The smallest absolute Gasteiger partial charge is 0.416 e. The van der Waals surface area contributed by atoms with Crippen LogP contribution < -0.4 is 10.5 Å². The average Bonchev–Trinajstić information content (AvgIpc) is 2.38. The third-order valence-electron chi connectivity index (χ3n) is 2.77. The Balaban J connectivity index is 2.18. The zero-order chi connectivity index (χ0) is 15.6. The number of alkyl halides is 3. The molecule has 0 bridgehead atoms. The number of nitrogen functional groups attached to an aromatic ring is 1. The van der Waals surface area contributed by atoms with E-state index < -0.39 is 30.0 Å². The molecule has 0 aromatic heterocycles. The maximum absolute atomic E-state index is 13.4. The predicted molar refractivity (Wildman–Crippen MR) is 66.5 cm³/mol. The van der Waals surface area contributed by atoms with Crippen molar-refractivity contribution < 1.29 is 26.7 Å². The Hall–Kier alpha value is -2.31. The summed E-state index contributed by atoms with van der Waals surface area (Å²) in [5.41, 5.74) is 3.93. The fourth-order valence-electron chi connectivity index (χ4n) is 1.68. The maximum Gasteiger partial charge on any atom is 0.416 e. The van der Waals surface area contributed by atoms with Crippen LogP contribution in [0.3, 0.4) is 0 Å². The number of nitrogens with two attached hydrogens (primary N) is 1. The van der Waals surface area contributed by atoms with Crippen molar-refractivity contribution in [3.63, 3.8) is 0 Å². The number of rotatable bonds is 3. The molecular formula is C14H10F5NO. The first-order valence-corrected chi connectivity index (χ1v) is 5.81. The maximum atomic E-state index is 13.4. The van der Waals surface area contributed by atoms with Crippen LogP contribution in [-0.4, -0.2) is 0 Å². The molecule has 2 rings (SSSR count). The van der Waals surface area contributed by atoms with Crippen molar-refractivity contribution in [3.05, 3.63) is 59.2 Å². The van der Waals surface area contributed by atoms with E-state index in [9.17, 15) is 22.0 Å². The van der Waals surface area contributed by atoms with E-state index in [2.05, 4.69) is 0 Å². The van der Waals surface area contributed by atoms with Gasteiger partial charge >= 0.3 is 6.18 Å². The summed E-state index contributed by atoms with van der Waals surface area (Å²) < 4.78 is 69.2. The van der Waals surface area contributed by atoms with Crippen LogP contribution in [0.25, 0.3) is 0 Å². The lowest BCUT2D eigenvalue weighted by atomic mass is 10.2. The van der Waals surface area contributed by atoms with E-state index in [-0.39, 0.29) is 17.0 Å². The van der Waals surface area contributed by atoms with Crippen LogP contribution >= 0.6 is 0 Å². The van der Waals surface area contributed by atoms with Crippen LogP contribution in [-0.2, 0) is 12.8 Å². The fourth-order valence-corrected chi connectivity index (χ4v) is 1.68. The summed E-state index contributed by atoms with van der Waals surface area (Å²) in [4.78, 5) is 0. The molecule has 0 amide bonds. The minimum atomic E-state index is -4.52. The Morgan fingerprint density at radius 3 is 2.14 bits per heavy atom. The topological polar surface area (TPSA) is 35.2 Å².